The molecule has 4 rings (SSSR count). The van der Waals surface area contributed by atoms with Gasteiger partial charge in [0.25, 0.3) is 0 Å². The Kier molecular flexibility index (Phi) is 5.18. The fraction of sp³-hybridized carbons (Fsp3) is 0.320. The average molecular weight is 389 g/mol. The Labute approximate surface area is 172 Å². The van der Waals surface area contributed by atoms with Crippen molar-refractivity contribution in [3.05, 3.63) is 71.8 Å². The number of hydrogen-bond donors (Lipinski definition) is 0. The Morgan fingerprint density at radius 1 is 1.00 bits per heavy atom. The minimum absolute atomic E-state index is 0.303. The number of aryl methyl sites for hydroxylation is 1. The van der Waals surface area contributed by atoms with E-state index >= 15 is 0 Å². The Morgan fingerprint density at radius 3 is 2.41 bits per heavy atom. The minimum atomic E-state index is -0.530. The first-order valence-electron chi connectivity index (χ1n) is 10.1. The molecule has 0 atom stereocenters. The summed E-state index contributed by atoms with van der Waals surface area (Å²) < 4.78 is 11.9. The highest BCUT2D eigenvalue weighted by molar-refractivity contribution is 6.00. The number of anilines is 1. The van der Waals surface area contributed by atoms with E-state index in [1.807, 2.05) is 69.3 Å². The van der Waals surface area contributed by atoms with E-state index in [0.717, 1.165) is 40.6 Å². The van der Waals surface area contributed by atoms with Crippen LogP contribution in [0, 0.1) is 0 Å². The van der Waals surface area contributed by atoms with Crippen LogP contribution in [0.2, 0.25) is 0 Å². The molecular weight excluding hydrogens is 362 g/mol. The second-order valence-corrected chi connectivity index (χ2v) is 8.43. The molecule has 0 spiro atoms. The highest BCUT2D eigenvalue weighted by atomic mass is 16.6. The van der Waals surface area contributed by atoms with E-state index in [-0.39, 0.29) is 6.09 Å². The van der Waals surface area contributed by atoms with E-state index in [0.29, 0.717) is 13.2 Å². The molecule has 0 bridgehead atoms. The second-order valence-electron chi connectivity index (χ2n) is 8.43. The molecule has 0 N–H and O–H groups in total. The third-order valence-corrected chi connectivity index (χ3v) is 5.04. The highest BCUT2D eigenvalue weighted by Crippen LogP contribution is 2.40. The molecule has 0 saturated heterocycles. The number of rotatable bonds is 3. The summed E-state index contributed by atoms with van der Waals surface area (Å²) in [6, 6.07) is 20.4. The van der Waals surface area contributed by atoms with Gasteiger partial charge in [-0.25, -0.2) is 4.79 Å². The summed E-state index contributed by atoms with van der Waals surface area (Å²) in [4.78, 5) is 14.6. The number of fused-ring (bicyclic) bond motifs is 3. The molecule has 1 heterocycles. The standard InChI is InChI=1S/C25H27NO3/c1-25(2,3)29-24(27)26-15-9-14-20-19-12-7-8-13-21(19)23(16-22(20)26)28-17-18-10-5-4-6-11-18/h4-8,10-13,16H,9,14-15,17H2,1-3H3. The SMILES string of the molecule is CC(C)(C)OC(=O)N1CCCc2c1cc(OCc1ccccc1)c1ccccc21. The zero-order chi connectivity index (χ0) is 20.4. The normalized spacial score (nSPS) is 13.8. The van der Waals surface area contributed by atoms with Crippen LogP contribution in [0.15, 0.2) is 60.7 Å². The van der Waals surface area contributed by atoms with E-state index in [1.165, 1.54) is 5.56 Å². The first-order chi connectivity index (χ1) is 13.9. The van der Waals surface area contributed by atoms with Crippen LogP contribution in [0.4, 0.5) is 10.5 Å². The van der Waals surface area contributed by atoms with Crippen LogP contribution in [0.1, 0.15) is 38.3 Å². The van der Waals surface area contributed by atoms with Crippen molar-refractivity contribution in [3.8, 4) is 5.75 Å². The fourth-order valence-electron chi connectivity index (χ4n) is 3.79. The first kappa shape index (κ1) is 19.3. The topological polar surface area (TPSA) is 38.8 Å². The van der Waals surface area contributed by atoms with E-state index in [2.05, 4.69) is 12.1 Å². The predicted molar refractivity (Wildman–Crippen MR) is 117 cm³/mol. The summed E-state index contributed by atoms with van der Waals surface area (Å²) in [5, 5.41) is 2.22. The quantitative estimate of drug-likeness (QED) is 0.543. The molecule has 4 heteroatoms. The Hall–Kier alpha value is -3.01. The van der Waals surface area contributed by atoms with Gasteiger partial charge in [0.15, 0.2) is 0 Å². The molecule has 0 saturated carbocycles. The third kappa shape index (κ3) is 4.21. The smallest absolute Gasteiger partial charge is 0.414 e. The van der Waals surface area contributed by atoms with Gasteiger partial charge in [0.1, 0.15) is 18.0 Å². The molecular formula is C25H27NO3. The number of carbonyl (C=O) groups excluding carboxylic acids is 1. The van der Waals surface area contributed by atoms with Crippen molar-refractivity contribution in [2.75, 3.05) is 11.4 Å². The van der Waals surface area contributed by atoms with Crippen LogP contribution in [0.5, 0.6) is 5.75 Å². The monoisotopic (exact) mass is 389 g/mol. The van der Waals surface area contributed by atoms with Crippen LogP contribution < -0.4 is 9.64 Å². The van der Waals surface area contributed by atoms with Gasteiger partial charge in [0.05, 0.1) is 5.69 Å². The van der Waals surface area contributed by atoms with Gasteiger partial charge in [-0.3, -0.25) is 4.90 Å². The summed E-state index contributed by atoms with van der Waals surface area (Å²) in [6.45, 7) is 6.81. The lowest BCUT2D eigenvalue weighted by atomic mass is 9.94. The van der Waals surface area contributed by atoms with E-state index in [1.54, 1.807) is 4.90 Å². The lowest BCUT2D eigenvalue weighted by Gasteiger charge is -2.32. The molecule has 0 aliphatic carbocycles. The second kappa shape index (κ2) is 7.78. The number of carbonyl (C=O) groups is 1. The molecule has 3 aromatic rings. The molecule has 1 amide bonds. The van der Waals surface area contributed by atoms with Crippen molar-refractivity contribution in [2.45, 2.75) is 45.8 Å². The van der Waals surface area contributed by atoms with Gasteiger partial charge in [-0.15, -0.1) is 0 Å². The van der Waals surface area contributed by atoms with Gasteiger partial charge in [-0.2, -0.15) is 0 Å². The lowest BCUT2D eigenvalue weighted by molar-refractivity contribution is 0.0578. The van der Waals surface area contributed by atoms with E-state index < -0.39 is 5.60 Å². The molecule has 0 aromatic heterocycles. The van der Waals surface area contributed by atoms with E-state index in [4.69, 9.17) is 9.47 Å². The fourth-order valence-corrected chi connectivity index (χ4v) is 3.79. The molecule has 29 heavy (non-hydrogen) atoms. The van der Waals surface area contributed by atoms with Crippen LogP contribution >= 0.6 is 0 Å². The van der Waals surface area contributed by atoms with Gasteiger partial charge in [0, 0.05) is 18.0 Å². The Bertz CT molecular complexity index is 1020. The van der Waals surface area contributed by atoms with Gasteiger partial charge >= 0.3 is 6.09 Å². The molecule has 0 unspecified atom stereocenters. The maximum atomic E-state index is 12.9. The highest BCUT2D eigenvalue weighted by Gasteiger charge is 2.29. The Balaban J connectivity index is 1.74. The summed E-state index contributed by atoms with van der Waals surface area (Å²) in [5.41, 5.74) is 2.66. The Morgan fingerprint density at radius 2 is 1.69 bits per heavy atom. The summed E-state index contributed by atoms with van der Waals surface area (Å²) in [7, 11) is 0. The lowest BCUT2D eigenvalue weighted by Crippen LogP contribution is -2.39. The van der Waals surface area contributed by atoms with Gasteiger partial charge in [-0.1, -0.05) is 54.6 Å². The largest absolute Gasteiger partial charge is 0.488 e. The average Bonchev–Trinajstić information content (AvgIpc) is 2.71. The summed E-state index contributed by atoms with van der Waals surface area (Å²) in [6.07, 6.45) is 1.55. The predicted octanol–water partition coefficient (Wildman–Crippen LogP) is 6.11. The first-order valence-corrected chi connectivity index (χ1v) is 10.1. The van der Waals surface area contributed by atoms with Crippen molar-refractivity contribution in [1.29, 1.82) is 0 Å². The third-order valence-electron chi connectivity index (χ3n) is 5.04. The molecule has 1 aliphatic heterocycles. The number of benzene rings is 3. The maximum absolute atomic E-state index is 12.9. The van der Waals surface area contributed by atoms with Crippen molar-refractivity contribution in [3.63, 3.8) is 0 Å². The molecule has 1 aliphatic rings. The number of amides is 1. The number of nitrogens with zero attached hydrogens (tertiary/aromatic N) is 1. The molecule has 0 fully saturated rings. The van der Waals surface area contributed by atoms with Crippen LogP contribution in [-0.2, 0) is 17.8 Å². The zero-order valence-corrected chi connectivity index (χ0v) is 17.3. The molecule has 4 nitrogen and oxygen atoms in total. The van der Waals surface area contributed by atoms with Crippen LogP contribution in [0.25, 0.3) is 10.8 Å². The molecule has 150 valence electrons. The van der Waals surface area contributed by atoms with Crippen LogP contribution in [-0.4, -0.2) is 18.2 Å². The number of hydrogen-bond acceptors (Lipinski definition) is 3. The molecule has 3 aromatic carbocycles. The van der Waals surface area contributed by atoms with Crippen molar-refractivity contribution >= 4 is 22.6 Å². The number of ether oxygens (including phenoxy) is 2. The minimum Gasteiger partial charge on any atom is -0.488 e. The van der Waals surface area contributed by atoms with Gasteiger partial charge in [0.2, 0.25) is 0 Å². The van der Waals surface area contributed by atoms with Gasteiger partial charge < -0.3 is 9.47 Å². The van der Waals surface area contributed by atoms with Gasteiger partial charge in [-0.05, 0) is 50.1 Å². The molecule has 0 radical (unpaired) electrons. The summed E-state index contributed by atoms with van der Waals surface area (Å²) >= 11 is 0. The van der Waals surface area contributed by atoms with Crippen molar-refractivity contribution in [1.82, 2.24) is 0 Å². The maximum Gasteiger partial charge on any atom is 0.414 e. The zero-order valence-electron chi connectivity index (χ0n) is 17.3. The van der Waals surface area contributed by atoms with E-state index in [9.17, 15) is 4.79 Å². The van der Waals surface area contributed by atoms with Crippen molar-refractivity contribution in [2.24, 2.45) is 0 Å². The van der Waals surface area contributed by atoms with Crippen LogP contribution in [0.3, 0.4) is 0 Å². The summed E-state index contributed by atoms with van der Waals surface area (Å²) in [5.74, 6) is 0.790. The van der Waals surface area contributed by atoms with Crippen molar-refractivity contribution < 1.29 is 14.3 Å².